The zero-order chi connectivity index (χ0) is 12.1. The van der Waals surface area contributed by atoms with Crippen LogP contribution in [-0.2, 0) is 6.54 Å². The van der Waals surface area contributed by atoms with Gasteiger partial charge in [0.1, 0.15) is 6.33 Å². The van der Waals surface area contributed by atoms with E-state index in [0.717, 1.165) is 12.2 Å². The average Bonchev–Trinajstić information content (AvgIpc) is 2.38. The predicted molar refractivity (Wildman–Crippen MR) is 68.5 cm³/mol. The van der Waals surface area contributed by atoms with E-state index >= 15 is 0 Å². The lowest BCUT2D eigenvalue weighted by atomic mass is 10.0. The summed E-state index contributed by atoms with van der Waals surface area (Å²) in [4.78, 5) is 8.10. The van der Waals surface area contributed by atoms with E-state index in [1.165, 1.54) is 11.1 Å². The van der Waals surface area contributed by atoms with Crippen molar-refractivity contribution in [2.45, 2.75) is 26.4 Å². The molecule has 1 N–H and O–H groups in total. The third kappa shape index (κ3) is 3.11. The molecule has 0 unspecified atom stereocenters. The smallest absolute Gasteiger partial charge is 0.115 e. The number of aryl methyl sites for hydroxylation is 1. The molecule has 0 aliphatic rings. The summed E-state index contributed by atoms with van der Waals surface area (Å²) >= 11 is 0. The number of nitrogens with zero attached hydrogens (tertiary/aromatic N) is 2. The quantitative estimate of drug-likeness (QED) is 0.872. The SMILES string of the molecule is Cc1ccccc1[C@@H](C)NCc1ccncn1. The molecule has 1 aromatic heterocycles. The van der Waals surface area contributed by atoms with Gasteiger partial charge in [0.2, 0.25) is 0 Å². The van der Waals surface area contributed by atoms with Crippen LogP contribution in [0.4, 0.5) is 0 Å². The summed E-state index contributed by atoms with van der Waals surface area (Å²) in [5.41, 5.74) is 3.66. The Hall–Kier alpha value is -1.74. The fourth-order valence-electron chi connectivity index (χ4n) is 1.86. The topological polar surface area (TPSA) is 37.8 Å². The molecule has 1 atom stereocenters. The van der Waals surface area contributed by atoms with Gasteiger partial charge in [0.15, 0.2) is 0 Å². The Bertz CT molecular complexity index is 468. The second-order valence-electron chi connectivity index (χ2n) is 4.16. The highest BCUT2D eigenvalue weighted by Gasteiger charge is 2.06. The Labute approximate surface area is 102 Å². The van der Waals surface area contributed by atoms with Crippen molar-refractivity contribution in [1.82, 2.24) is 15.3 Å². The van der Waals surface area contributed by atoms with E-state index in [1.54, 1.807) is 12.5 Å². The zero-order valence-corrected chi connectivity index (χ0v) is 10.2. The molecule has 88 valence electrons. The Morgan fingerprint density at radius 1 is 1.24 bits per heavy atom. The molecule has 0 spiro atoms. The van der Waals surface area contributed by atoms with Crippen molar-refractivity contribution in [3.8, 4) is 0 Å². The second-order valence-corrected chi connectivity index (χ2v) is 4.16. The maximum absolute atomic E-state index is 4.19. The lowest BCUT2D eigenvalue weighted by molar-refractivity contribution is 0.564. The van der Waals surface area contributed by atoms with Crippen LogP contribution < -0.4 is 5.32 Å². The Morgan fingerprint density at radius 3 is 2.76 bits per heavy atom. The van der Waals surface area contributed by atoms with Gasteiger partial charge in [-0.15, -0.1) is 0 Å². The molecule has 1 aromatic carbocycles. The molecule has 3 heteroatoms. The van der Waals surface area contributed by atoms with Crippen molar-refractivity contribution in [2.75, 3.05) is 0 Å². The maximum atomic E-state index is 4.19. The number of hydrogen-bond donors (Lipinski definition) is 1. The largest absolute Gasteiger partial charge is 0.305 e. The molecule has 0 saturated carbocycles. The first-order valence-corrected chi connectivity index (χ1v) is 5.81. The van der Waals surface area contributed by atoms with Crippen LogP contribution in [0.2, 0.25) is 0 Å². The van der Waals surface area contributed by atoms with Crippen LogP contribution in [-0.4, -0.2) is 9.97 Å². The normalized spacial score (nSPS) is 12.4. The zero-order valence-electron chi connectivity index (χ0n) is 10.2. The van der Waals surface area contributed by atoms with Gasteiger partial charge < -0.3 is 5.32 Å². The minimum atomic E-state index is 0.325. The van der Waals surface area contributed by atoms with E-state index in [4.69, 9.17) is 0 Å². The summed E-state index contributed by atoms with van der Waals surface area (Å²) in [6.07, 6.45) is 3.35. The van der Waals surface area contributed by atoms with Crippen molar-refractivity contribution in [2.24, 2.45) is 0 Å². The standard InChI is InChI=1S/C14H17N3/c1-11-5-3-4-6-14(11)12(2)16-9-13-7-8-15-10-17-13/h3-8,10,12,16H,9H2,1-2H3/t12-/m1/s1. The first-order valence-electron chi connectivity index (χ1n) is 5.81. The highest BCUT2D eigenvalue weighted by atomic mass is 14.9. The molecule has 17 heavy (non-hydrogen) atoms. The fraction of sp³-hybridized carbons (Fsp3) is 0.286. The van der Waals surface area contributed by atoms with Crippen molar-refractivity contribution >= 4 is 0 Å². The van der Waals surface area contributed by atoms with Gasteiger partial charge in [0.25, 0.3) is 0 Å². The van der Waals surface area contributed by atoms with E-state index in [-0.39, 0.29) is 0 Å². The monoisotopic (exact) mass is 227 g/mol. The summed E-state index contributed by atoms with van der Waals surface area (Å²) in [5, 5.41) is 3.47. The van der Waals surface area contributed by atoms with Gasteiger partial charge >= 0.3 is 0 Å². The molecule has 0 radical (unpaired) electrons. The van der Waals surface area contributed by atoms with Crippen LogP contribution in [0.25, 0.3) is 0 Å². The van der Waals surface area contributed by atoms with Gasteiger partial charge in [-0.05, 0) is 31.0 Å². The number of rotatable bonds is 4. The predicted octanol–water partition coefficient (Wildman–Crippen LogP) is 2.64. The number of benzene rings is 1. The van der Waals surface area contributed by atoms with Crippen molar-refractivity contribution in [3.05, 3.63) is 59.7 Å². The molecule has 2 aromatic rings. The van der Waals surface area contributed by atoms with Crippen LogP contribution in [0.15, 0.2) is 42.9 Å². The van der Waals surface area contributed by atoms with Gasteiger partial charge in [-0.1, -0.05) is 24.3 Å². The van der Waals surface area contributed by atoms with Crippen LogP contribution in [0.1, 0.15) is 29.8 Å². The van der Waals surface area contributed by atoms with Gasteiger partial charge in [-0.3, -0.25) is 0 Å². The molecule has 0 bridgehead atoms. The van der Waals surface area contributed by atoms with E-state index in [1.807, 2.05) is 6.07 Å². The Morgan fingerprint density at radius 2 is 2.06 bits per heavy atom. The van der Waals surface area contributed by atoms with Crippen LogP contribution >= 0.6 is 0 Å². The average molecular weight is 227 g/mol. The second kappa shape index (κ2) is 5.55. The molecule has 0 amide bonds. The molecule has 2 rings (SSSR count). The summed E-state index contributed by atoms with van der Waals surface area (Å²) in [7, 11) is 0. The number of nitrogens with one attached hydrogen (secondary N) is 1. The molecule has 0 saturated heterocycles. The van der Waals surface area contributed by atoms with Crippen LogP contribution in [0.5, 0.6) is 0 Å². The molecular formula is C14H17N3. The third-order valence-corrected chi connectivity index (χ3v) is 2.89. The third-order valence-electron chi connectivity index (χ3n) is 2.89. The highest BCUT2D eigenvalue weighted by Crippen LogP contribution is 2.16. The van der Waals surface area contributed by atoms with Crippen molar-refractivity contribution in [3.63, 3.8) is 0 Å². The Kier molecular flexibility index (Phi) is 3.83. The molecule has 3 nitrogen and oxygen atoms in total. The summed E-state index contributed by atoms with van der Waals surface area (Å²) in [6, 6.07) is 10.7. The van der Waals surface area contributed by atoms with Gasteiger partial charge in [0, 0.05) is 18.8 Å². The van der Waals surface area contributed by atoms with E-state index < -0.39 is 0 Å². The van der Waals surface area contributed by atoms with E-state index in [2.05, 4.69) is 53.4 Å². The number of hydrogen-bond acceptors (Lipinski definition) is 3. The minimum absolute atomic E-state index is 0.325. The Balaban J connectivity index is 1.99. The summed E-state index contributed by atoms with van der Waals surface area (Å²) in [5.74, 6) is 0. The first kappa shape index (κ1) is 11.7. The maximum Gasteiger partial charge on any atom is 0.115 e. The van der Waals surface area contributed by atoms with Crippen molar-refractivity contribution in [1.29, 1.82) is 0 Å². The molecular weight excluding hydrogens is 210 g/mol. The highest BCUT2D eigenvalue weighted by molar-refractivity contribution is 5.28. The fourth-order valence-corrected chi connectivity index (χ4v) is 1.86. The van der Waals surface area contributed by atoms with Crippen LogP contribution in [0.3, 0.4) is 0 Å². The van der Waals surface area contributed by atoms with E-state index in [0.29, 0.717) is 6.04 Å². The molecule has 1 heterocycles. The van der Waals surface area contributed by atoms with Gasteiger partial charge in [0.05, 0.1) is 5.69 Å². The molecule has 0 aliphatic carbocycles. The molecule has 0 aliphatic heterocycles. The number of aromatic nitrogens is 2. The summed E-state index contributed by atoms with van der Waals surface area (Å²) < 4.78 is 0. The van der Waals surface area contributed by atoms with Crippen molar-refractivity contribution < 1.29 is 0 Å². The van der Waals surface area contributed by atoms with Crippen LogP contribution in [0, 0.1) is 6.92 Å². The summed E-state index contributed by atoms with van der Waals surface area (Å²) in [6.45, 7) is 5.07. The van der Waals surface area contributed by atoms with E-state index in [9.17, 15) is 0 Å². The van der Waals surface area contributed by atoms with Gasteiger partial charge in [-0.2, -0.15) is 0 Å². The molecule has 0 fully saturated rings. The van der Waals surface area contributed by atoms with Gasteiger partial charge in [-0.25, -0.2) is 9.97 Å². The lowest BCUT2D eigenvalue weighted by Crippen LogP contribution is -2.19. The lowest BCUT2D eigenvalue weighted by Gasteiger charge is -2.16. The first-order chi connectivity index (χ1) is 8.27. The minimum Gasteiger partial charge on any atom is -0.305 e.